The highest BCUT2D eigenvalue weighted by molar-refractivity contribution is 5.72. The standard InChI is InChI=1S/C15H20O3/c1-17-14-9-7-12(8-10-14)11-3-5-13(6-4-11)15(16)18-2/h7-11,13H,3-6H2,1-2H3. The van der Waals surface area contributed by atoms with Crippen molar-refractivity contribution in [2.24, 2.45) is 5.92 Å². The van der Waals surface area contributed by atoms with Crippen LogP contribution in [0.2, 0.25) is 0 Å². The van der Waals surface area contributed by atoms with E-state index in [0.717, 1.165) is 31.4 Å². The first-order valence-electron chi connectivity index (χ1n) is 6.46. The normalized spacial score (nSPS) is 23.4. The molecule has 3 nitrogen and oxygen atoms in total. The van der Waals surface area contributed by atoms with Gasteiger partial charge in [-0.25, -0.2) is 0 Å². The number of benzene rings is 1. The van der Waals surface area contributed by atoms with Gasteiger partial charge in [0.05, 0.1) is 20.1 Å². The quantitative estimate of drug-likeness (QED) is 0.771. The summed E-state index contributed by atoms with van der Waals surface area (Å²) in [5.74, 6) is 1.51. The predicted octanol–water partition coefficient (Wildman–Crippen LogP) is 3.14. The number of hydrogen-bond donors (Lipinski definition) is 0. The van der Waals surface area contributed by atoms with Gasteiger partial charge in [-0.15, -0.1) is 0 Å². The lowest BCUT2D eigenvalue weighted by molar-refractivity contribution is -0.146. The van der Waals surface area contributed by atoms with Crippen molar-refractivity contribution in [2.75, 3.05) is 14.2 Å². The third-order valence-corrected chi connectivity index (χ3v) is 3.85. The van der Waals surface area contributed by atoms with Crippen LogP contribution in [0.25, 0.3) is 0 Å². The number of ether oxygens (including phenoxy) is 2. The molecule has 0 amide bonds. The fourth-order valence-electron chi connectivity index (χ4n) is 2.71. The lowest BCUT2D eigenvalue weighted by atomic mass is 9.79. The summed E-state index contributed by atoms with van der Waals surface area (Å²) in [7, 11) is 3.15. The summed E-state index contributed by atoms with van der Waals surface area (Å²) >= 11 is 0. The molecule has 2 rings (SSSR count). The Labute approximate surface area is 108 Å². The Morgan fingerprint density at radius 2 is 1.67 bits per heavy atom. The third-order valence-electron chi connectivity index (χ3n) is 3.85. The van der Waals surface area contributed by atoms with Gasteiger partial charge in [-0.3, -0.25) is 4.79 Å². The van der Waals surface area contributed by atoms with Gasteiger partial charge in [0, 0.05) is 0 Å². The molecule has 0 radical (unpaired) electrons. The maximum atomic E-state index is 11.5. The second-order valence-electron chi connectivity index (χ2n) is 4.84. The van der Waals surface area contributed by atoms with E-state index >= 15 is 0 Å². The molecular weight excluding hydrogens is 228 g/mol. The van der Waals surface area contributed by atoms with Crippen molar-refractivity contribution in [3.8, 4) is 5.75 Å². The van der Waals surface area contributed by atoms with E-state index in [1.165, 1.54) is 12.7 Å². The summed E-state index contributed by atoms with van der Waals surface area (Å²) < 4.78 is 9.96. The fraction of sp³-hybridized carbons (Fsp3) is 0.533. The zero-order chi connectivity index (χ0) is 13.0. The molecule has 1 fully saturated rings. The first-order chi connectivity index (χ1) is 8.74. The Kier molecular flexibility index (Phi) is 4.24. The second kappa shape index (κ2) is 5.89. The van der Waals surface area contributed by atoms with Gasteiger partial charge < -0.3 is 9.47 Å². The lowest BCUT2D eigenvalue weighted by Crippen LogP contribution is -2.22. The van der Waals surface area contributed by atoms with Crippen LogP contribution in [0.3, 0.4) is 0 Å². The molecule has 0 heterocycles. The summed E-state index contributed by atoms with van der Waals surface area (Å²) in [5, 5.41) is 0. The Morgan fingerprint density at radius 3 is 2.17 bits per heavy atom. The molecular formula is C15H20O3. The highest BCUT2D eigenvalue weighted by Crippen LogP contribution is 2.36. The van der Waals surface area contributed by atoms with E-state index in [4.69, 9.17) is 9.47 Å². The minimum absolute atomic E-state index is 0.0526. The number of esters is 1. The van der Waals surface area contributed by atoms with Gasteiger partial charge in [-0.2, -0.15) is 0 Å². The van der Waals surface area contributed by atoms with Gasteiger partial charge in [0.2, 0.25) is 0 Å². The fourth-order valence-corrected chi connectivity index (χ4v) is 2.71. The Morgan fingerprint density at radius 1 is 1.06 bits per heavy atom. The molecule has 0 saturated heterocycles. The van der Waals surface area contributed by atoms with Crippen LogP contribution in [-0.4, -0.2) is 20.2 Å². The van der Waals surface area contributed by atoms with Crippen LogP contribution in [-0.2, 0) is 9.53 Å². The molecule has 1 aliphatic rings. The first kappa shape index (κ1) is 12.9. The molecule has 1 saturated carbocycles. The highest BCUT2D eigenvalue weighted by atomic mass is 16.5. The smallest absolute Gasteiger partial charge is 0.308 e. The zero-order valence-corrected chi connectivity index (χ0v) is 11.0. The summed E-state index contributed by atoms with van der Waals surface area (Å²) in [6.07, 6.45) is 3.99. The molecule has 0 aliphatic heterocycles. The molecule has 0 atom stereocenters. The molecule has 0 aromatic heterocycles. The van der Waals surface area contributed by atoms with Gasteiger partial charge in [-0.1, -0.05) is 12.1 Å². The third kappa shape index (κ3) is 2.84. The average molecular weight is 248 g/mol. The van der Waals surface area contributed by atoms with Gasteiger partial charge in [0.15, 0.2) is 0 Å². The van der Waals surface area contributed by atoms with E-state index in [9.17, 15) is 4.79 Å². The minimum atomic E-state index is -0.0526. The number of methoxy groups -OCH3 is 2. The van der Waals surface area contributed by atoms with E-state index in [2.05, 4.69) is 12.1 Å². The number of rotatable bonds is 3. The largest absolute Gasteiger partial charge is 0.497 e. The predicted molar refractivity (Wildman–Crippen MR) is 69.7 cm³/mol. The molecule has 98 valence electrons. The molecule has 1 aromatic rings. The van der Waals surface area contributed by atoms with Crippen molar-refractivity contribution in [3.05, 3.63) is 29.8 Å². The van der Waals surface area contributed by atoms with E-state index in [0.29, 0.717) is 5.92 Å². The molecule has 0 bridgehead atoms. The summed E-state index contributed by atoms with van der Waals surface area (Å²) in [6.45, 7) is 0. The van der Waals surface area contributed by atoms with Gasteiger partial charge in [-0.05, 0) is 49.3 Å². The maximum absolute atomic E-state index is 11.5. The minimum Gasteiger partial charge on any atom is -0.497 e. The highest BCUT2D eigenvalue weighted by Gasteiger charge is 2.27. The van der Waals surface area contributed by atoms with Crippen LogP contribution in [0.4, 0.5) is 0 Å². The molecule has 3 heteroatoms. The van der Waals surface area contributed by atoms with Gasteiger partial charge in [0.1, 0.15) is 5.75 Å². The van der Waals surface area contributed by atoms with E-state index in [1.54, 1.807) is 7.11 Å². The van der Waals surface area contributed by atoms with Crippen LogP contribution >= 0.6 is 0 Å². The van der Waals surface area contributed by atoms with E-state index in [-0.39, 0.29) is 11.9 Å². The Hall–Kier alpha value is -1.51. The Bertz CT molecular complexity index is 389. The van der Waals surface area contributed by atoms with Crippen LogP contribution in [0.5, 0.6) is 5.75 Å². The molecule has 18 heavy (non-hydrogen) atoms. The van der Waals surface area contributed by atoms with E-state index < -0.39 is 0 Å². The average Bonchev–Trinajstić information content (AvgIpc) is 2.47. The molecule has 0 N–H and O–H groups in total. The first-order valence-corrected chi connectivity index (χ1v) is 6.46. The van der Waals surface area contributed by atoms with Crippen molar-refractivity contribution >= 4 is 5.97 Å². The number of carbonyl (C=O) groups is 1. The second-order valence-corrected chi connectivity index (χ2v) is 4.84. The van der Waals surface area contributed by atoms with E-state index in [1.807, 2.05) is 12.1 Å². The van der Waals surface area contributed by atoms with Crippen LogP contribution in [0.15, 0.2) is 24.3 Å². The molecule has 0 spiro atoms. The van der Waals surface area contributed by atoms with Crippen LogP contribution in [0.1, 0.15) is 37.2 Å². The summed E-state index contributed by atoms with van der Waals surface area (Å²) in [5.41, 5.74) is 1.35. The van der Waals surface area contributed by atoms with Gasteiger partial charge >= 0.3 is 5.97 Å². The van der Waals surface area contributed by atoms with Crippen molar-refractivity contribution in [1.82, 2.24) is 0 Å². The maximum Gasteiger partial charge on any atom is 0.308 e. The van der Waals surface area contributed by atoms with Crippen LogP contribution < -0.4 is 4.74 Å². The summed E-state index contributed by atoms with van der Waals surface area (Å²) in [4.78, 5) is 11.5. The van der Waals surface area contributed by atoms with Crippen molar-refractivity contribution in [2.45, 2.75) is 31.6 Å². The monoisotopic (exact) mass is 248 g/mol. The zero-order valence-electron chi connectivity index (χ0n) is 11.0. The SMILES string of the molecule is COC(=O)C1CCC(c2ccc(OC)cc2)CC1. The number of carbonyl (C=O) groups excluding carboxylic acids is 1. The van der Waals surface area contributed by atoms with Gasteiger partial charge in [0.25, 0.3) is 0 Å². The number of hydrogen-bond acceptors (Lipinski definition) is 3. The van der Waals surface area contributed by atoms with Crippen LogP contribution in [0, 0.1) is 5.92 Å². The van der Waals surface area contributed by atoms with Crippen molar-refractivity contribution < 1.29 is 14.3 Å². The topological polar surface area (TPSA) is 35.5 Å². The van der Waals surface area contributed by atoms with Crippen molar-refractivity contribution in [1.29, 1.82) is 0 Å². The molecule has 1 aliphatic carbocycles. The van der Waals surface area contributed by atoms with Crippen molar-refractivity contribution in [3.63, 3.8) is 0 Å². The molecule has 0 unspecified atom stereocenters. The lowest BCUT2D eigenvalue weighted by Gasteiger charge is -2.27. The molecule has 1 aromatic carbocycles. The Balaban J connectivity index is 1.94. The summed E-state index contributed by atoms with van der Waals surface area (Å²) in [6, 6.07) is 8.26.